The summed E-state index contributed by atoms with van der Waals surface area (Å²) in [4.78, 5) is 26.5. The average Bonchev–Trinajstić information content (AvgIpc) is 2.98. The molecule has 160 valence electrons. The van der Waals surface area contributed by atoms with E-state index < -0.39 is 32.0 Å². The Morgan fingerprint density at radius 1 is 1.21 bits per heavy atom. The van der Waals surface area contributed by atoms with E-state index >= 15 is 0 Å². The Labute approximate surface area is 168 Å². The maximum Gasteiger partial charge on any atom is 0.410 e. The van der Waals surface area contributed by atoms with Crippen LogP contribution in [0, 0.1) is 11.3 Å². The summed E-state index contributed by atoms with van der Waals surface area (Å²) in [7, 11) is -4.04. The Kier molecular flexibility index (Phi) is 5.37. The van der Waals surface area contributed by atoms with Crippen LogP contribution in [-0.2, 0) is 23.8 Å². The van der Waals surface area contributed by atoms with E-state index in [1.54, 1.807) is 4.90 Å². The van der Waals surface area contributed by atoms with Crippen LogP contribution in [0.15, 0.2) is 0 Å². The molecule has 0 aromatic carbocycles. The lowest BCUT2D eigenvalue weighted by molar-refractivity contribution is -0.121. The van der Waals surface area contributed by atoms with Crippen molar-refractivity contribution < 1.29 is 26.9 Å². The van der Waals surface area contributed by atoms with Crippen molar-refractivity contribution in [3.8, 4) is 0 Å². The highest BCUT2D eigenvalue weighted by Crippen LogP contribution is 2.62. The topological polar surface area (TPSA) is 90.0 Å². The minimum absolute atomic E-state index is 0.108. The quantitative estimate of drug-likeness (QED) is 0.640. The van der Waals surface area contributed by atoms with Crippen molar-refractivity contribution in [2.75, 3.05) is 13.1 Å². The smallest absolute Gasteiger partial charge is 0.410 e. The predicted molar refractivity (Wildman–Crippen MR) is 104 cm³/mol. The summed E-state index contributed by atoms with van der Waals surface area (Å²) in [5, 5.41) is 0. The minimum Gasteiger partial charge on any atom is -0.443 e. The van der Waals surface area contributed by atoms with Crippen LogP contribution in [0.25, 0.3) is 0 Å². The largest absolute Gasteiger partial charge is 0.443 e. The molecule has 0 N–H and O–H groups in total. The van der Waals surface area contributed by atoms with E-state index in [1.807, 2.05) is 34.6 Å². The first-order chi connectivity index (χ1) is 12.9. The lowest BCUT2D eigenvalue weighted by Gasteiger charge is -2.38. The molecule has 2 atom stereocenters. The van der Waals surface area contributed by atoms with Crippen molar-refractivity contribution in [3.63, 3.8) is 0 Å². The van der Waals surface area contributed by atoms with Gasteiger partial charge in [0.2, 0.25) is 0 Å². The number of piperidine rings is 1. The number of amides is 1. The molecule has 1 aliphatic heterocycles. The highest BCUT2D eigenvalue weighted by Gasteiger charge is 2.71. The third-order valence-corrected chi connectivity index (χ3v) is 9.73. The van der Waals surface area contributed by atoms with Gasteiger partial charge in [0.15, 0.2) is 10.5 Å². The number of fused-ring (bicyclic) bond motifs is 2. The monoisotopic (exact) mass is 415 g/mol. The van der Waals surface area contributed by atoms with Crippen molar-refractivity contribution in [1.82, 2.24) is 4.90 Å². The van der Waals surface area contributed by atoms with Gasteiger partial charge in [-0.25, -0.2) is 4.79 Å². The first-order valence-electron chi connectivity index (χ1n) is 10.3. The van der Waals surface area contributed by atoms with Gasteiger partial charge in [0, 0.05) is 19.5 Å². The van der Waals surface area contributed by atoms with Gasteiger partial charge >= 0.3 is 6.09 Å². The SMILES string of the molecule is CCC(C)(C)OC(=O)N1CCC(OS(=O)(=O)C23CCC(CC2=O)C3(C)C)CC1. The van der Waals surface area contributed by atoms with Gasteiger partial charge in [0.05, 0.1) is 6.10 Å². The molecule has 2 aliphatic carbocycles. The van der Waals surface area contributed by atoms with Gasteiger partial charge in [0.1, 0.15) is 5.60 Å². The number of carbonyl (C=O) groups excluding carboxylic acids is 2. The first-order valence-corrected chi connectivity index (χ1v) is 11.7. The second-order valence-corrected chi connectivity index (χ2v) is 11.4. The fourth-order valence-electron chi connectivity index (χ4n) is 4.99. The predicted octanol–water partition coefficient (Wildman–Crippen LogP) is 3.27. The zero-order chi connectivity index (χ0) is 21.0. The van der Waals surface area contributed by atoms with E-state index in [9.17, 15) is 18.0 Å². The minimum atomic E-state index is -4.04. The van der Waals surface area contributed by atoms with Crippen LogP contribution in [-0.4, -0.2) is 54.7 Å². The number of hydrogen-bond acceptors (Lipinski definition) is 6. The highest BCUT2D eigenvalue weighted by atomic mass is 32.2. The van der Waals surface area contributed by atoms with Gasteiger partial charge in [-0.2, -0.15) is 8.42 Å². The molecule has 0 radical (unpaired) electrons. The molecular weight excluding hydrogens is 382 g/mol. The summed E-state index contributed by atoms with van der Waals surface area (Å²) in [6.07, 6.45) is 2.08. The Morgan fingerprint density at radius 3 is 2.29 bits per heavy atom. The Morgan fingerprint density at radius 2 is 1.82 bits per heavy atom. The van der Waals surface area contributed by atoms with Crippen LogP contribution in [0.2, 0.25) is 0 Å². The van der Waals surface area contributed by atoms with E-state index in [0.717, 1.165) is 6.42 Å². The fraction of sp³-hybridized carbons (Fsp3) is 0.900. The Hall–Kier alpha value is -1.15. The number of ether oxygens (including phenoxy) is 1. The summed E-state index contributed by atoms with van der Waals surface area (Å²) in [6.45, 7) is 10.2. The zero-order valence-electron chi connectivity index (χ0n) is 17.6. The average molecular weight is 416 g/mol. The standard InChI is InChI=1S/C20H33NO6S/c1-6-18(2,3)26-17(23)21-11-8-15(9-12-21)27-28(24,25)20-10-7-14(13-16(20)22)19(20,4)5/h14-15H,6-13H2,1-5H3. The van der Waals surface area contributed by atoms with Crippen LogP contribution >= 0.6 is 0 Å². The molecule has 3 rings (SSSR count). The number of likely N-dealkylation sites (tertiary alicyclic amines) is 1. The second-order valence-electron chi connectivity index (χ2n) is 9.63. The van der Waals surface area contributed by atoms with Gasteiger partial charge in [-0.3, -0.25) is 8.98 Å². The molecule has 2 saturated carbocycles. The second kappa shape index (κ2) is 6.97. The number of hydrogen-bond donors (Lipinski definition) is 0. The van der Waals surface area contributed by atoms with Crippen LogP contribution in [0.1, 0.15) is 73.1 Å². The fourth-order valence-corrected chi connectivity index (χ4v) is 7.25. The zero-order valence-corrected chi connectivity index (χ0v) is 18.4. The molecule has 3 fully saturated rings. The maximum absolute atomic E-state index is 13.2. The lowest BCUT2D eigenvalue weighted by atomic mass is 9.81. The summed E-state index contributed by atoms with van der Waals surface area (Å²) >= 11 is 0. The van der Waals surface area contributed by atoms with Crippen LogP contribution in [0.3, 0.4) is 0 Å². The number of rotatable bonds is 5. The maximum atomic E-state index is 13.2. The van der Waals surface area contributed by atoms with Crippen LogP contribution in [0.4, 0.5) is 4.79 Å². The van der Waals surface area contributed by atoms with Gasteiger partial charge in [-0.1, -0.05) is 20.8 Å². The summed E-state index contributed by atoms with van der Waals surface area (Å²) in [5.41, 5.74) is -1.13. The molecule has 1 saturated heterocycles. The van der Waals surface area contributed by atoms with E-state index in [4.69, 9.17) is 8.92 Å². The molecule has 0 aromatic heterocycles. The number of nitrogens with zero attached hydrogens (tertiary/aromatic N) is 1. The van der Waals surface area contributed by atoms with Gasteiger partial charge in [-0.05, 0) is 57.3 Å². The number of ketones is 1. The van der Waals surface area contributed by atoms with Crippen molar-refractivity contribution >= 4 is 22.0 Å². The van der Waals surface area contributed by atoms with Crippen molar-refractivity contribution in [1.29, 1.82) is 0 Å². The Bertz CT molecular complexity index is 751. The third-order valence-electron chi connectivity index (χ3n) is 7.39. The van der Waals surface area contributed by atoms with Crippen LogP contribution in [0.5, 0.6) is 0 Å². The van der Waals surface area contributed by atoms with Crippen molar-refractivity contribution in [3.05, 3.63) is 0 Å². The molecule has 0 spiro atoms. The number of Topliss-reactive ketones (excluding diaryl/α,β-unsaturated/α-hetero) is 1. The normalized spacial score (nSPS) is 30.7. The van der Waals surface area contributed by atoms with Gasteiger partial charge in [0.25, 0.3) is 10.1 Å². The molecule has 1 heterocycles. The van der Waals surface area contributed by atoms with E-state index in [0.29, 0.717) is 45.2 Å². The summed E-state index contributed by atoms with van der Waals surface area (Å²) in [6, 6.07) is 0. The molecule has 0 aromatic rings. The van der Waals surface area contributed by atoms with E-state index in [1.165, 1.54) is 0 Å². The molecular formula is C20H33NO6S. The molecule has 8 heteroatoms. The van der Waals surface area contributed by atoms with Crippen molar-refractivity contribution in [2.24, 2.45) is 11.3 Å². The third kappa shape index (κ3) is 3.26. The molecule has 2 bridgehead atoms. The van der Waals surface area contributed by atoms with Crippen LogP contribution < -0.4 is 0 Å². The van der Waals surface area contributed by atoms with Gasteiger partial charge < -0.3 is 9.64 Å². The van der Waals surface area contributed by atoms with E-state index in [2.05, 4.69) is 0 Å². The number of carbonyl (C=O) groups is 2. The highest BCUT2D eigenvalue weighted by molar-refractivity contribution is 7.89. The van der Waals surface area contributed by atoms with Crippen molar-refractivity contribution in [2.45, 2.75) is 89.6 Å². The lowest BCUT2D eigenvalue weighted by Crippen LogP contribution is -2.53. The summed E-state index contributed by atoms with van der Waals surface area (Å²) in [5.74, 6) is -0.0894. The molecule has 28 heavy (non-hydrogen) atoms. The Balaban J connectivity index is 1.63. The molecule has 1 amide bonds. The molecule has 3 aliphatic rings. The van der Waals surface area contributed by atoms with E-state index in [-0.39, 0.29) is 17.8 Å². The molecule has 7 nitrogen and oxygen atoms in total. The first kappa shape index (κ1) is 21.6. The summed E-state index contributed by atoms with van der Waals surface area (Å²) < 4.78 is 36.1. The molecule has 2 unspecified atom stereocenters. The van der Waals surface area contributed by atoms with Gasteiger partial charge in [-0.15, -0.1) is 0 Å².